The molecule has 1 aromatic carbocycles. The fraction of sp³-hybridized carbons (Fsp3) is 0.455. The van der Waals surface area contributed by atoms with Gasteiger partial charge in [0.2, 0.25) is 0 Å². The van der Waals surface area contributed by atoms with E-state index < -0.39 is 5.60 Å². The Morgan fingerprint density at radius 3 is 2.57 bits per heavy atom. The van der Waals surface area contributed by atoms with Gasteiger partial charge in [0.15, 0.2) is 0 Å². The third-order valence-electron chi connectivity index (χ3n) is 2.23. The molecule has 0 aliphatic heterocycles. The lowest BCUT2D eigenvalue weighted by Crippen LogP contribution is -2.29. The van der Waals surface area contributed by atoms with Crippen molar-refractivity contribution in [3.63, 3.8) is 0 Å². The van der Waals surface area contributed by atoms with E-state index in [0.29, 0.717) is 17.9 Å². The topological polar surface area (TPSA) is 40.5 Å². The Hall–Kier alpha value is -0.570. The van der Waals surface area contributed by atoms with Crippen LogP contribution in [0.15, 0.2) is 24.3 Å². The minimum Gasteiger partial charge on any atom is -0.393 e. The number of rotatable bonds is 4. The van der Waals surface area contributed by atoms with Crippen molar-refractivity contribution in [3.05, 3.63) is 34.9 Å². The first-order valence-corrected chi connectivity index (χ1v) is 4.99. The number of aliphatic hydroxyl groups is 2. The molecular weight excluding hydrogens is 200 g/mol. The molecule has 0 radical (unpaired) electrons. The second kappa shape index (κ2) is 4.78. The molecule has 0 bridgehead atoms. The lowest BCUT2D eigenvalue weighted by atomic mass is 9.98. The van der Waals surface area contributed by atoms with E-state index in [9.17, 15) is 5.11 Å². The highest BCUT2D eigenvalue weighted by Gasteiger charge is 2.18. The molecule has 0 aliphatic rings. The van der Waals surface area contributed by atoms with Crippen LogP contribution in [0, 0.1) is 0 Å². The van der Waals surface area contributed by atoms with Crippen molar-refractivity contribution in [1.29, 1.82) is 0 Å². The van der Waals surface area contributed by atoms with Crippen LogP contribution in [0.1, 0.15) is 18.9 Å². The first kappa shape index (κ1) is 11.5. The van der Waals surface area contributed by atoms with Gasteiger partial charge in [-0.25, -0.2) is 0 Å². The molecule has 2 nitrogen and oxygen atoms in total. The highest BCUT2D eigenvalue weighted by atomic mass is 35.5. The molecule has 1 aromatic rings. The third-order valence-corrected chi connectivity index (χ3v) is 2.60. The molecule has 2 N–H and O–H groups in total. The van der Waals surface area contributed by atoms with Crippen LogP contribution in [0.5, 0.6) is 0 Å². The molecule has 0 fully saturated rings. The zero-order valence-corrected chi connectivity index (χ0v) is 8.96. The Labute approximate surface area is 89.1 Å². The molecule has 14 heavy (non-hydrogen) atoms. The summed E-state index contributed by atoms with van der Waals surface area (Å²) in [6, 6.07) is 7.53. The van der Waals surface area contributed by atoms with Gasteiger partial charge >= 0.3 is 0 Å². The third kappa shape index (κ3) is 3.29. The standard InChI is InChI=1S/C11H15ClO2/c1-11(14,8-13)7-6-9-4-2-3-5-10(9)12/h2-5,13-14H,6-8H2,1H3/t11-/m0/s1. The first-order chi connectivity index (χ1) is 6.55. The Bertz CT molecular complexity index is 297. The zero-order chi connectivity index (χ0) is 10.6. The largest absolute Gasteiger partial charge is 0.393 e. The van der Waals surface area contributed by atoms with Gasteiger partial charge in [-0.15, -0.1) is 0 Å². The van der Waals surface area contributed by atoms with Crippen molar-refractivity contribution in [2.24, 2.45) is 0 Å². The fourth-order valence-corrected chi connectivity index (χ4v) is 1.41. The Kier molecular flexibility index (Phi) is 3.93. The average Bonchev–Trinajstić information content (AvgIpc) is 2.17. The highest BCUT2D eigenvalue weighted by molar-refractivity contribution is 6.31. The summed E-state index contributed by atoms with van der Waals surface area (Å²) in [6.07, 6.45) is 1.18. The molecule has 78 valence electrons. The van der Waals surface area contributed by atoms with Gasteiger partial charge in [-0.1, -0.05) is 29.8 Å². The Morgan fingerprint density at radius 2 is 2.00 bits per heavy atom. The number of aliphatic hydroxyl groups excluding tert-OH is 1. The zero-order valence-electron chi connectivity index (χ0n) is 8.20. The maximum absolute atomic E-state index is 9.58. The van der Waals surface area contributed by atoms with Crippen LogP contribution >= 0.6 is 11.6 Å². The van der Waals surface area contributed by atoms with E-state index in [0.717, 1.165) is 5.56 Å². The lowest BCUT2D eigenvalue weighted by Gasteiger charge is -2.20. The molecule has 0 saturated heterocycles. The monoisotopic (exact) mass is 214 g/mol. The molecule has 0 spiro atoms. The number of benzene rings is 1. The van der Waals surface area contributed by atoms with Crippen molar-refractivity contribution >= 4 is 11.6 Å². The predicted molar refractivity (Wildman–Crippen MR) is 57.5 cm³/mol. The van der Waals surface area contributed by atoms with Gasteiger partial charge < -0.3 is 10.2 Å². The molecule has 1 rings (SSSR count). The number of hydrogen-bond donors (Lipinski definition) is 2. The normalized spacial score (nSPS) is 15.1. The van der Waals surface area contributed by atoms with Crippen molar-refractivity contribution in [2.75, 3.05) is 6.61 Å². The van der Waals surface area contributed by atoms with E-state index in [1.807, 2.05) is 24.3 Å². The summed E-state index contributed by atoms with van der Waals surface area (Å²) in [4.78, 5) is 0. The van der Waals surface area contributed by atoms with Crippen LogP contribution < -0.4 is 0 Å². The smallest absolute Gasteiger partial charge is 0.0852 e. The lowest BCUT2D eigenvalue weighted by molar-refractivity contribution is -0.00473. The number of aryl methyl sites for hydroxylation is 1. The maximum atomic E-state index is 9.58. The minimum absolute atomic E-state index is 0.225. The SMILES string of the molecule is C[C@@](O)(CO)CCc1ccccc1Cl. The molecule has 0 aliphatic carbocycles. The van der Waals surface area contributed by atoms with Gasteiger partial charge in [0.1, 0.15) is 0 Å². The molecule has 3 heteroatoms. The van der Waals surface area contributed by atoms with Crippen LogP contribution in [0.4, 0.5) is 0 Å². The molecule has 0 saturated carbocycles. The van der Waals surface area contributed by atoms with E-state index in [1.165, 1.54) is 0 Å². The second-order valence-corrected chi connectivity index (χ2v) is 4.15. The summed E-state index contributed by atoms with van der Waals surface area (Å²) in [6.45, 7) is 1.39. The summed E-state index contributed by atoms with van der Waals surface area (Å²) in [5, 5.41) is 19.2. The summed E-state index contributed by atoms with van der Waals surface area (Å²) >= 11 is 5.95. The van der Waals surface area contributed by atoms with Gasteiger partial charge in [0, 0.05) is 5.02 Å². The number of hydrogen-bond acceptors (Lipinski definition) is 2. The predicted octanol–water partition coefficient (Wildman–Crippen LogP) is 2.02. The maximum Gasteiger partial charge on any atom is 0.0852 e. The Morgan fingerprint density at radius 1 is 1.36 bits per heavy atom. The first-order valence-electron chi connectivity index (χ1n) is 4.62. The van der Waals surface area contributed by atoms with Crippen molar-refractivity contribution in [1.82, 2.24) is 0 Å². The molecular formula is C11H15ClO2. The molecule has 0 unspecified atom stereocenters. The minimum atomic E-state index is -1.01. The molecule has 0 heterocycles. The van der Waals surface area contributed by atoms with E-state index in [1.54, 1.807) is 6.92 Å². The van der Waals surface area contributed by atoms with Gasteiger partial charge in [-0.3, -0.25) is 0 Å². The average molecular weight is 215 g/mol. The summed E-state index contributed by atoms with van der Waals surface area (Å²) in [7, 11) is 0. The van der Waals surface area contributed by atoms with E-state index in [4.69, 9.17) is 16.7 Å². The molecule has 0 aromatic heterocycles. The van der Waals surface area contributed by atoms with Gasteiger partial charge in [-0.05, 0) is 31.4 Å². The van der Waals surface area contributed by atoms with Gasteiger partial charge in [0.05, 0.1) is 12.2 Å². The van der Waals surface area contributed by atoms with Crippen LogP contribution in [-0.4, -0.2) is 22.4 Å². The summed E-state index contributed by atoms with van der Waals surface area (Å²) in [5.74, 6) is 0. The van der Waals surface area contributed by atoms with Gasteiger partial charge in [0.25, 0.3) is 0 Å². The quantitative estimate of drug-likeness (QED) is 0.805. The molecule has 0 amide bonds. The van der Waals surface area contributed by atoms with E-state index >= 15 is 0 Å². The van der Waals surface area contributed by atoms with Crippen molar-refractivity contribution in [2.45, 2.75) is 25.4 Å². The van der Waals surface area contributed by atoms with Crippen molar-refractivity contribution < 1.29 is 10.2 Å². The van der Waals surface area contributed by atoms with E-state index in [2.05, 4.69) is 0 Å². The van der Waals surface area contributed by atoms with Crippen molar-refractivity contribution in [3.8, 4) is 0 Å². The van der Waals surface area contributed by atoms with Gasteiger partial charge in [-0.2, -0.15) is 0 Å². The highest BCUT2D eigenvalue weighted by Crippen LogP contribution is 2.19. The summed E-state index contributed by atoms with van der Waals surface area (Å²) in [5.41, 5.74) is -0.0120. The van der Waals surface area contributed by atoms with Crippen LogP contribution in [0.2, 0.25) is 5.02 Å². The van der Waals surface area contributed by atoms with Crippen LogP contribution in [0.3, 0.4) is 0 Å². The van der Waals surface area contributed by atoms with E-state index in [-0.39, 0.29) is 6.61 Å². The van der Waals surface area contributed by atoms with Crippen LogP contribution in [0.25, 0.3) is 0 Å². The molecule has 1 atom stereocenters. The fourth-order valence-electron chi connectivity index (χ4n) is 1.18. The van der Waals surface area contributed by atoms with Crippen LogP contribution in [-0.2, 0) is 6.42 Å². The Balaban J connectivity index is 2.58. The number of halogens is 1. The summed E-state index contributed by atoms with van der Waals surface area (Å²) < 4.78 is 0. The second-order valence-electron chi connectivity index (χ2n) is 3.75.